The predicted octanol–water partition coefficient (Wildman–Crippen LogP) is 3.44. The lowest BCUT2D eigenvalue weighted by Gasteiger charge is -2.08. The molecule has 0 atom stereocenters. The van der Waals surface area contributed by atoms with Crippen LogP contribution in [-0.4, -0.2) is 24.5 Å². The Hall–Kier alpha value is -3.28. The second-order valence-corrected chi connectivity index (χ2v) is 5.89. The van der Waals surface area contributed by atoms with Gasteiger partial charge < -0.3 is 5.32 Å². The Kier molecular flexibility index (Phi) is 3.85. The maximum Gasteiger partial charge on any atom is 0.150 e. The van der Waals surface area contributed by atoms with E-state index in [0.29, 0.717) is 6.54 Å². The Labute approximate surface area is 145 Å². The quantitative estimate of drug-likeness (QED) is 0.621. The molecule has 4 heterocycles. The summed E-state index contributed by atoms with van der Waals surface area (Å²) in [6, 6.07) is 7.93. The van der Waals surface area contributed by atoms with Crippen molar-refractivity contribution in [2.24, 2.45) is 0 Å². The van der Waals surface area contributed by atoms with Gasteiger partial charge in [-0.3, -0.25) is 14.5 Å². The highest BCUT2D eigenvalue weighted by molar-refractivity contribution is 5.93. The molecule has 6 nitrogen and oxygen atoms in total. The second-order valence-electron chi connectivity index (χ2n) is 5.89. The van der Waals surface area contributed by atoms with Crippen LogP contribution in [0.1, 0.15) is 16.8 Å². The molecule has 0 saturated carbocycles. The van der Waals surface area contributed by atoms with E-state index in [4.69, 9.17) is 0 Å². The van der Waals surface area contributed by atoms with Crippen LogP contribution in [-0.2, 0) is 6.54 Å². The van der Waals surface area contributed by atoms with Crippen molar-refractivity contribution in [3.05, 3.63) is 72.2 Å². The monoisotopic (exact) mass is 330 g/mol. The average Bonchev–Trinajstić information content (AvgIpc) is 2.93. The SMILES string of the molecule is Cc1c(C)n(-c2cccnc2)c2ncnc(NCc3cccnc3)c12. The Morgan fingerprint density at radius 2 is 1.80 bits per heavy atom. The first-order valence-electron chi connectivity index (χ1n) is 8.11. The first-order valence-corrected chi connectivity index (χ1v) is 8.11. The van der Waals surface area contributed by atoms with E-state index in [0.717, 1.165) is 39.4 Å². The molecule has 6 heteroatoms. The maximum atomic E-state index is 4.53. The van der Waals surface area contributed by atoms with Crippen LogP contribution in [0.3, 0.4) is 0 Å². The van der Waals surface area contributed by atoms with Crippen LogP contribution in [0, 0.1) is 13.8 Å². The van der Waals surface area contributed by atoms with Gasteiger partial charge in [-0.1, -0.05) is 6.07 Å². The Morgan fingerprint density at radius 1 is 1.00 bits per heavy atom. The number of nitrogens with one attached hydrogen (secondary N) is 1. The molecule has 0 saturated heterocycles. The minimum Gasteiger partial charge on any atom is -0.365 e. The van der Waals surface area contributed by atoms with E-state index in [1.165, 1.54) is 0 Å². The molecule has 4 aromatic rings. The lowest BCUT2D eigenvalue weighted by molar-refractivity contribution is 0.999. The number of pyridine rings is 2. The normalized spacial score (nSPS) is 11.0. The van der Waals surface area contributed by atoms with E-state index in [9.17, 15) is 0 Å². The lowest BCUT2D eigenvalue weighted by Crippen LogP contribution is -2.03. The van der Waals surface area contributed by atoms with Crippen LogP contribution >= 0.6 is 0 Å². The topological polar surface area (TPSA) is 68.5 Å². The summed E-state index contributed by atoms with van der Waals surface area (Å²) in [5.74, 6) is 0.831. The standard InChI is InChI=1S/C19H18N6/c1-13-14(2)25(16-6-4-8-21-11-16)19-17(13)18(23-12-24-19)22-10-15-5-3-7-20-9-15/h3-9,11-12H,10H2,1-2H3,(H,22,23,24). The van der Waals surface area contributed by atoms with Crippen molar-refractivity contribution < 1.29 is 0 Å². The molecule has 0 radical (unpaired) electrons. The zero-order chi connectivity index (χ0) is 17.2. The summed E-state index contributed by atoms with van der Waals surface area (Å²) in [5, 5.41) is 4.45. The molecule has 25 heavy (non-hydrogen) atoms. The number of hydrogen-bond acceptors (Lipinski definition) is 5. The van der Waals surface area contributed by atoms with Crippen LogP contribution < -0.4 is 5.32 Å². The third-order valence-electron chi connectivity index (χ3n) is 4.38. The number of aryl methyl sites for hydroxylation is 1. The van der Waals surface area contributed by atoms with Gasteiger partial charge in [-0.15, -0.1) is 0 Å². The van der Waals surface area contributed by atoms with E-state index in [-0.39, 0.29) is 0 Å². The van der Waals surface area contributed by atoms with Gasteiger partial charge in [-0.05, 0) is 43.2 Å². The molecule has 0 unspecified atom stereocenters. The molecule has 0 spiro atoms. The van der Waals surface area contributed by atoms with Gasteiger partial charge in [0, 0.05) is 30.8 Å². The largest absolute Gasteiger partial charge is 0.365 e. The van der Waals surface area contributed by atoms with Crippen molar-refractivity contribution in [3.8, 4) is 5.69 Å². The third kappa shape index (κ3) is 2.71. The van der Waals surface area contributed by atoms with E-state index < -0.39 is 0 Å². The highest BCUT2D eigenvalue weighted by atomic mass is 15.1. The van der Waals surface area contributed by atoms with E-state index in [2.05, 4.69) is 43.7 Å². The Morgan fingerprint density at radius 3 is 2.52 bits per heavy atom. The van der Waals surface area contributed by atoms with Crippen molar-refractivity contribution in [1.82, 2.24) is 24.5 Å². The van der Waals surface area contributed by atoms with Gasteiger partial charge in [0.2, 0.25) is 0 Å². The molecular formula is C19H18N6. The van der Waals surface area contributed by atoms with Crippen molar-refractivity contribution in [3.63, 3.8) is 0 Å². The van der Waals surface area contributed by atoms with Gasteiger partial charge in [0.1, 0.15) is 12.1 Å². The number of fused-ring (bicyclic) bond motifs is 1. The molecule has 0 amide bonds. The van der Waals surface area contributed by atoms with Crippen LogP contribution in [0.5, 0.6) is 0 Å². The van der Waals surface area contributed by atoms with E-state index in [1.807, 2.05) is 36.7 Å². The van der Waals surface area contributed by atoms with Gasteiger partial charge in [0.15, 0.2) is 5.65 Å². The van der Waals surface area contributed by atoms with Crippen molar-refractivity contribution in [2.75, 3.05) is 5.32 Å². The summed E-state index contributed by atoms with van der Waals surface area (Å²) >= 11 is 0. The third-order valence-corrected chi connectivity index (χ3v) is 4.38. The van der Waals surface area contributed by atoms with E-state index in [1.54, 1.807) is 18.7 Å². The fourth-order valence-corrected chi connectivity index (χ4v) is 3.02. The van der Waals surface area contributed by atoms with Crippen molar-refractivity contribution in [1.29, 1.82) is 0 Å². The molecular weight excluding hydrogens is 312 g/mol. The molecule has 0 aliphatic heterocycles. The number of anilines is 1. The minimum atomic E-state index is 0.663. The summed E-state index contributed by atoms with van der Waals surface area (Å²) < 4.78 is 2.12. The molecule has 0 aliphatic carbocycles. The van der Waals surface area contributed by atoms with Crippen molar-refractivity contribution >= 4 is 16.9 Å². The molecule has 0 bridgehead atoms. The number of aromatic nitrogens is 5. The molecule has 0 aromatic carbocycles. The minimum absolute atomic E-state index is 0.663. The van der Waals surface area contributed by atoms with Crippen molar-refractivity contribution in [2.45, 2.75) is 20.4 Å². The van der Waals surface area contributed by atoms with Crippen LogP contribution in [0.2, 0.25) is 0 Å². The first-order chi connectivity index (χ1) is 12.3. The van der Waals surface area contributed by atoms with Crippen LogP contribution in [0.15, 0.2) is 55.4 Å². The molecule has 4 rings (SSSR count). The van der Waals surface area contributed by atoms with Gasteiger partial charge in [-0.2, -0.15) is 0 Å². The molecule has 1 N–H and O–H groups in total. The summed E-state index contributed by atoms with van der Waals surface area (Å²) in [6.07, 6.45) is 8.84. The predicted molar refractivity (Wildman–Crippen MR) is 97.7 cm³/mol. The Balaban J connectivity index is 1.80. The fourth-order valence-electron chi connectivity index (χ4n) is 3.02. The number of hydrogen-bond donors (Lipinski definition) is 1. The second kappa shape index (κ2) is 6.32. The highest BCUT2D eigenvalue weighted by Gasteiger charge is 2.17. The maximum absolute atomic E-state index is 4.53. The van der Waals surface area contributed by atoms with E-state index >= 15 is 0 Å². The number of nitrogens with zero attached hydrogens (tertiary/aromatic N) is 5. The zero-order valence-electron chi connectivity index (χ0n) is 14.1. The zero-order valence-corrected chi connectivity index (χ0v) is 14.1. The number of rotatable bonds is 4. The average molecular weight is 330 g/mol. The Bertz CT molecular complexity index is 1010. The first kappa shape index (κ1) is 15.3. The smallest absolute Gasteiger partial charge is 0.150 e. The van der Waals surface area contributed by atoms with Crippen LogP contribution in [0.25, 0.3) is 16.7 Å². The highest BCUT2D eigenvalue weighted by Crippen LogP contribution is 2.31. The van der Waals surface area contributed by atoms with Gasteiger partial charge >= 0.3 is 0 Å². The molecule has 4 aromatic heterocycles. The summed E-state index contributed by atoms with van der Waals surface area (Å²) in [5.41, 5.74) is 5.28. The summed E-state index contributed by atoms with van der Waals surface area (Å²) in [6.45, 7) is 4.86. The molecule has 0 aliphatic rings. The fraction of sp³-hybridized carbons (Fsp3) is 0.158. The summed E-state index contributed by atoms with van der Waals surface area (Å²) in [4.78, 5) is 17.4. The van der Waals surface area contributed by atoms with Gasteiger partial charge in [0.25, 0.3) is 0 Å². The molecule has 0 fully saturated rings. The van der Waals surface area contributed by atoms with Gasteiger partial charge in [-0.25, -0.2) is 9.97 Å². The van der Waals surface area contributed by atoms with Crippen LogP contribution in [0.4, 0.5) is 5.82 Å². The summed E-state index contributed by atoms with van der Waals surface area (Å²) in [7, 11) is 0. The lowest BCUT2D eigenvalue weighted by atomic mass is 10.2. The molecule has 124 valence electrons. The van der Waals surface area contributed by atoms with Gasteiger partial charge in [0.05, 0.1) is 17.3 Å².